The van der Waals surface area contributed by atoms with Gasteiger partial charge in [-0.15, -0.1) is 0 Å². The molecule has 0 radical (unpaired) electrons. The lowest BCUT2D eigenvalue weighted by molar-refractivity contribution is -0.324. The SMILES string of the molecule is CC(=O)OC[C@@H]1O[C@@H](O[C@H]2[C@H](OC(C)=O)[C@@H](OC(C)=O)[C@H](O)O[C@@H]2COC(C)=O)[C@H](OC(C)=O)[C@H]1OC(C)=O. The van der Waals surface area contributed by atoms with Crippen molar-refractivity contribution in [2.45, 2.75) is 96.9 Å². The summed E-state index contributed by atoms with van der Waals surface area (Å²) in [5.74, 6) is -4.71. The number of aliphatic hydroxyl groups is 1. The molecule has 2 aliphatic heterocycles. The quantitative estimate of drug-likeness (QED) is 0.241. The molecule has 2 saturated heterocycles. The number of esters is 6. The second-order valence-electron chi connectivity index (χ2n) is 8.61. The Bertz CT molecular complexity index is 933. The molecule has 2 heterocycles. The van der Waals surface area contributed by atoms with Crippen LogP contribution < -0.4 is 0 Å². The van der Waals surface area contributed by atoms with Gasteiger partial charge in [-0.25, -0.2) is 0 Å². The summed E-state index contributed by atoms with van der Waals surface area (Å²) in [6.07, 6.45) is -13.3. The van der Waals surface area contributed by atoms with Crippen LogP contribution in [0.1, 0.15) is 41.5 Å². The molecule has 0 aromatic carbocycles. The molecule has 0 bridgehead atoms. The van der Waals surface area contributed by atoms with E-state index in [1.807, 2.05) is 0 Å². The van der Waals surface area contributed by atoms with E-state index < -0.39 is 104 Å². The molecule has 0 aliphatic carbocycles. The van der Waals surface area contributed by atoms with Crippen LogP contribution in [-0.4, -0.2) is 109 Å². The molecule has 39 heavy (non-hydrogen) atoms. The molecule has 0 saturated carbocycles. The van der Waals surface area contributed by atoms with Crippen molar-refractivity contribution in [2.75, 3.05) is 13.2 Å². The summed E-state index contributed by atoms with van der Waals surface area (Å²) in [4.78, 5) is 70.2. The molecule has 2 rings (SSSR count). The second kappa shape index (κ2) is 14.2. The minimum atomic E-state index is -1.84. The fraction of sp³-hybridized carbons (Fsp3) is 0.739. The normalized spacial score (nSPS) is 31.9. The van der Waals surface area contributed by atoms with Gasteiger partial charge in [-0.2, -0.15) is 0 Å². The number of hydrogen-bond acceptors (Lipinski definition) is 16. The van der Waals surface area contributed by atoms with Gasteiger partial charge in [-0.05, 0) is 0 Å². The lowest BCUT2D eigenvalue weighted by Crippen LogP contribution is -2.63. The molecule has 0 amide bonds. The summed E-state index contributed by atoms with van der Waals surface area (Å²) in [5, 5.41) is 10.5. The lowest BCUT2D eigenvalue weighted by Gasteiger charge is -2.44. The summed E-state index contributed by atoms with van der Waals surface area (Å²) >= 11 is 0. The highest BCUT2D eigenvalue weighted by Crippen LogP contribution is 2.34. The van der Waals surface area contributed by atoms with Crippen molar-refractivity contribution in [3.63, 3.8) is 0 Å². The molecule has 16 nitrogen and oxygen atoms in total. The van der Waals surface area contributed by atoms with Crippen molar-refractivity contribution in [3.8, 4) is 0 Å². The maximum absolute atomic E-state index is 12.0. The maximum Gasteiger partial charge on any atom is 0.303 e. The van der Waals surface area contributed by atoms with Crippen LogP contribution in [0.3, 0.4) is 0 Å². The summed E-state index contributed by atoms with van der Waals surface area (Å²) < 4.78 is 48.2. The van der Waals surface area contributed by atoms with E-state index in [1.165, 1.54) is 0 Å². The van der Waals surface area contributed by atoms with Gasteiger partial charge in [0, 0.05) is 41.5 Å². The summed E-state index contributed by atoms with van der Waals surface area (Å²) in [6.45, 7) is 5.55. The average molecular weight is 564 g/mol. The minimum absolute atomic E-state index is 0.425. The minimum Gasteiger partial charge on any atom is -0.463 e. The van der Waals surface area contributed by atoms with E-state index in [0.29, 0.717) is 0 Å². The first-order chi connectivity index (χ1) is 18.2. The third kappa shape index (κ3) is 9.42. The molecule has 0 spiro atoms. The van der Waals surface area contributed by atoms with Crippen molar-refractivity contribution in [1.82, 2.24) is 0 Å². The first-order valence-corrected chi connectivity index (χ1v) is 11.8. The van der Waals surface area contributed by atoms with Gasteiger partial charge in [0.15, 0.2) is 37.0 Å². The van der Waals surface area contributed by atoms with Gasteiger partial charge in [-0.3, -0.25) is 28.8 Å². The van der Waals surface area contributed by atoms with Crippen molar-refractivity contribution < 1.29 is 76.5 Å². The fourth-order valence-electron chi connectivity index (χ4n) is 3.98. The number of ether oxygens (including phenoxy) is 9. The lowest BCUT2D eigenvalue weighted by atomic mass is 9.98. The molecule has 16 heteroatoms. The zero-order valence-electron chi connectivity index (χ0n) is 22.2. The van der Waals surface area contributed by atoms with E-state index in [-0.39, 0.29) is 0 Å². The zero-order chi connectivity index (χ0) is 29.4. The molecule has 220 valence electrons. The van der Waals surface area contributed by atoms with Crippen molar-refractivity contribution >= 4 is 35.8 Å². The van der Waals surface area contributed by atoms with Gasteiger partial charge in [0.1, 0.15) is 31.5 Å². The summed E-state index contributed by atoms with van der Waals surface area (Å²) in [6, 6.07) is 0. The van der Waals surface area contributed by atoms with Crippen LogP contribution in [-0.2, 0) is 71.4 Å². The van der Waals surface area contributed by atoms with Gasteiger partial charge < -0.3 is 47.7 Å². The Hall–Kier alpha value is -3.34. The third-order valence-electron chi connectivity index (χ3n) is 5.28. The van der Waals surface area contributed by atoms with Crippen LogP contribution in [0.2, 0.25) is 0 Å². The molecular formula is C23H32O16. The Morgan fingerprint density at radius 2 is 0.949 bits per heavy atom. The molecule has 2 fully saturated rings. The Balaban J connectivity index is 2.49. The molecule has 0 aromatic rings. The topological polar surface area (TPSA) is 206 Å². The first kappa shape index (κ1) is 31.9. The van der Waals surface area contributed by atoms with Crippen molar-refractivity contribution in [1.29, 1.82) is 0 Å². The Morgan fingerprint density at radius 3 is 1.41 bits per heavy atom. The maximum atomic E-state index is 12.0. The average Bonchev–Trinajstić information content (AvgIpc) is 3.09. The molecule has 1 N–H and O–H groups in total. The Labute approximate surface area is 223 Å². The number of aliphatic hydroxyl groups excluding tert-OH is 1. The first-order valence-electron chi connectivity index (χ1n) is 11.8. The predicted molar refractivity (Wildman–Crippen MR) is 120 cm³/mol. The Kier molecular flexibility index (Phi) is 11.6. The van der Waals surface area contributed by atoms with Gasteiger partial charge in [0.05, 0.1) is 0 Å². The molecule has 0 aromatic heterocycles. The van der Waals surface area contributed by atoms with Gasteiger partial charge in [0.25, 0.3) is 0 Å². The third-order valence-corrected chi connectivity index (χ3v) is 5.28. The van der Waals surface area contributed by atoms with Crippen LogP contribution in [0, 0.1) is 0 Å². The van der Waals surface area contributed by atoms with E-state index in [1.54, 1.807) is 0 Å². The van der Waals surface area contributed by atoms with E-state index in [9.17, 15) is 33.9 Å². The van der Waals surface area contributed by atoms with Crippen LogP contribution in [0.15, 0.2) is 0 Å². The van der Waals surface area contributed by atoms with Gasteiger partial charge >= 0.3 is 35.8 Å². The number of hydrogen-bond donors (Lipinski definition) is 1. The fourth-order valence-corrected chi connectivity index (χ4v) is 3.98. The van der Waals surface area contributed by atoms with Gasteiger partial charge in [0.2, 0.25) is 0 Å². The van der Waals surface area contributed by atoms with Crippen LogP contribution in [0.5, 0.6) is 0 Å². The van der Waals surface area contributed by atoms with Crippen LogP contribution in [0.4, 0.5) is 0 Å². The highest BCUT2D eigenvalue weighted by molar-refractivity contribution is 5.68. The largest absolute Gasteiger partial charge is 0.463 e. The van der Waals surface area contributed by atoms with Gasteiger partial charge in [-0.1, -0.05) is 0 Å². The van der Waals surface area contributed by atoms with E-state index in [4.69, 9.17) is 42.6 Å². The molecule has 2 aliphatic rings. The van der Waals surface area contributed by atoms with Crippen LogP contribution in [0.25, 0.3) is 0 Å². The second-order valence-corrected chi connectivity index (χ2v) is 8.61. The highest BCUT2D eigenvalue weighted by Gasteiger charge is 2.56. The molecule has 9 atom stereocenters. The van der Waals surface area contributed by atoms with E-state index in [0.717, 1.165) is 41.5 Å². The molecule has 0 unspecified atom stereocenters. The predicted octanol–water partition coefficient (Wildman–Crippen LogP) is -1.33. The smallest absolute Gasteiger partial charge is 0.303 e. The Morgan fingerprint density at radius 1 is 0.538 bits per heavy atom. The van der Waals surface area contributed by atoms with Crippen molar-refractivity contribution in [3.05, 3.63) is 0 Å². The summed E-state index contributed by atoms with van der Waals surface area (Å²) in [7, 11) is 0. The van der Waals surface area contributed by atoms with E-state index >= 15 is 0 Å². The number of carbonyl (C=O) groups is 6. The van der Waals surface area contributed by atoms with Crippen molar-refractivity contribution in [2.24, 2.45) is 0 Å². The number of carbonyl (C=O) groups excluding carboxylic acids is 6. The molecular weight excluding hydrogens is 532 g/mol. The highest BCUT2D eigenvalue weighted by atomic mass is 16.8. The van der Waals surface area contributed by atoms with Crippen LogP contribution >= 0.6 is 0 Å². The van der Waals surface area contributed by atoms with E-state index in [2.05, 4.69) is 0 Å². The zero-order valence-corrected chi connectivity index (χ0v) is 22.2. The standard InChI is InChI=1S/C23H32O16/c1-9(24)31-7-15-17(19(34-12(4)27)20(22(30)37-15)35-13(5)28)39-23-21(36-14(6)29)18(33-11(3)26)16(38-23)8-32-10(2)25/h15-23,30H,7-8H2,1-6H3/t15-,16+,17-,18+,19+,20-,21-,22-,23+/m1/s1. The summed E-state index contributed by atoms with van der Waals surface area (Å²) in [5.41, 5.74) is 0. The number of rotatable bonds is 10. The monoisotopic (exact) mass is 564 g/mol.